The lowest BCUT2D eigenvalue weighted by atomic mass is 9.87. The van der Waals surface area contributed by atoms with Crippen molar-refractivity contribution in [3.63, 3.8) is 0 Å². The summed E-state index contributed by atoms with van der Waals surface area (Å²) in [6.07, 6.45) is 10.0. The Bertz CT molecular complexity index is 160. The van der Waals surface area contributed by atoms with E-state index >= 15 is 0 Å². The van der Waals surface area contributed by atoms with Crippen molar-refractivity contribution in [3.05, 3.63) is 0 Å². The second-order valence-electron chi connectivity index (χ2n) is 5.23. The average Bonchev–Trinajstić information content (AvgIpc) is 2.79. The van der Waals surface area contributed by atoms with Crippen molar-refractivity contribution in [1.29, 1.82) is 0 Å². The Morgan fingerprint density at radius 3 is 2.60 bits per heavy atom. The summed E-state index contributed by atoms with van der Waals surface area (Å²) in [5.74, 6) is 1.81. The summed E-state index contributed by atoms with van der Waals surface area (Å²) >= 11 is 0. The second kappa shape index (κ2) is 6.49. The summed E-state index contributed by atoms with van der Waals surface area (Å²) in [5, 5.41) is 3.59. The Morgan fingerprint density at radius 1 is 1.00 bits per heavy atom. The van der Waals surface area contributed by atoms with Crippen molar-refractivity contribution < 1.29 is 4.74 Å². The van der Waals surface area contributed by atoms with Crippen LogP contribution in [0.3, 0.4) is 0 Å². The molecular formula is C13H25NO. The Morgan fingerprint density at radius 2 is 1.87 bits per heavy atom. The van der Waals surface area contributed by atoms with Gasteiger partial charge in [-0.05, 0) is 31.2 Å². The van der Waals surface area contributed by atoms with E-state index < -0.39 is 0 Å². The van der Waals surface area contributed by atoms with Gasteiger partial charge in [0.2, 0.25) is 0 Å². The quantitative estimate of drug-likeness (QED) is 0.706. The summed E-state index contributed by atoms with van der Waals surface area (Å²) < 4.78 is 5.36. The van der Waals surface area contributed by atoms with Crippen molar-refractivity contribution >= 4 is 0 Å². The molecule has 0 bridgehead atoms. The molecule has 1 unspecified atom stereocenters. The molecule has 2 aliphatic rings. The molecule has 0 radical (unpaired) electrons. The molecule has 0 aromatic rings. The summed E-state index contributed by atoms with van der Waals surface area (Å²) in [4.78, 5) is 0. The van der Waals surface area contributed by atoms with Crippen LogP contribution in [0.1, 0.15) is 44.9 Å². The molecule has 2 rings (SSSR count). The zero-order valence-electron chi connectivity index (χ0n) is 9.84. The SMILES string of the molecule is C1CCC(CCNCC2CCOC2)CC1. The molecule has 2 heteroatoms. The van der Waals surface area contributed by atoms with Gasteiger partial charge < -0.3 is 10.1 Å². The van der Waals surface area contributed by atoms with E-state index in [-0.39, 0.29) is 0 Å². The third-order valence-corrected chi connectivity index (χ3v) is 3.91. The van der Waals surface area contributed by atoms with E-state index in [9.17, 15) is 0 Å². The zero-order valence-corrected chi connectivity index (χ0v) is 9.84. The molecule has 0 aromatic carbocycles. The normalized spacial score (nSPS) is 28.4. The summed E-state index contributed by atoms with van der Waals surface area (Å²) in [5.41, 5.74) is 0. The van der Waals surface area contributed by atoms with Crippen LogP contribution in [0.2, 0.25) is 0 Å². The fraction of sp³-hybridized carbons (Fsp3) is 1.00. The Labute approximate surface area is 93.8 Å². The number of hydrogen-bond donors (Lipinski definition) is 1. The zero-order chi connectivity index (χ0) is 10.3. The average molecular weight is 211 g/mol. The first kappa shape index (κ1) is 11.4. The fourth-order valence-corrected chi connectivity index (χ4v) is 2.83. The maximum Gasteiger partial charge on any atom is 0.0507 e. The first-order valence-electron chi connectivity index (χ1n) is 6.73. The van der Waals surface area contributed by atoms with E-state index in [2.05, 4.69) is 5.32 Å². The summed E-state index contributed by atoms with van der Waals surface area (Å²) in [7, 11) is 0. The van der Waals surface area contributed by atoms with Gasteiger partial charge in [0.05, 0.1) is 6.61 Å². The minimum atomic E-state index is 0.788. The highest BCUT2D eigenvalue weighted by Crippen LogP contribution is 2.25. The van der Waals surface area contributed by atoms with Gasteiger partial charge in [-0.1, -0.05) is 32.1 Å². The van der Waals surface area contributed by atoms with Gasteiger partial charge in [0.15, 0.2) is 0 Å². The van der Waals surface area contributed by atoms with Gasteiger partial charge in [-0.3, -0.25) is 0 Å². The van der Waals surface area contributed by atoms with Gasteiger partial charge in [0.1, 0.15) is 0 Å². The highest BCUT2D eigenvalue weighted by atomic mass is 16.5. The monoisotopic (exact) mass is 211 g/mol. The molecule has 2 fully saturated rings. The minimum absolute atomic E-state index is 0.788. The van der Waals surface area contributed by atoms with Gasteiger partial charge in [0, 0.05) is 13.2 Å². The first-order valence-corrected chi connectivity index (χ1v) is 6.73. The van der Waals surface area contributed by atoms with Gasteiger partial charge in [0.25, 0.3) is 0 Å². The lowest BCUT2D eigenvalue weighted by Crippen LogP contribution is -2.25. The second-order valence-corrected chi connectivity index (χ2v) is 5.23. The van der Waals surface area contributed by atoms with Crippen LogP contribution in [0.25, 0.3) is 0 Å². The topological polar surface area (TPSA) is 21.3 Å². The molecular weight excluding hydrogens is 186 g/mol. The van der Waals surface area contributed by atoms with Crippen molar-refractivity contribution in [2.45, 2.75) is 44.9 Å². The molecule has 0 aromatic heterocycles. The van der Waals surface area contributed by atoms with Crippen molar-refractivity contribution in [3.8, 4) is 0 Å². The highest BCUT2D eigenvalue weighted by Gasteiger charge is 2.16. The van der Waals surface area contributed by atoms with Crippen LogP contribution in [-0.2, 0) is 4.74 Å². The van der Waals surface area contributed by atoms with Crippen molar-refractivity contribution in [2.24, 2.45) is 11.8 Å². The number of rotatable bonds is 5. The molecule has 0 amide bonds. The van der Waals surface area contributed by atoms with Gasteiger partial charge >= 0.3 is 0 Å². The third-order valence-electron chi connectivity index (χ3n) is 3.91. The Balaban J connectivity index is 1.47. The molecule has 88 valence electrons. The van der Waals surface area contributed by atoms with Crippen LogP contribution in [-0.4, -0.2) is 26.3 Å². The molecule has 1 N–H and O–H groups in total. The van der Waals surface area contributed by atoms with Crippen LogP contribution in [0.15, 0.2) is 0 Å². The standard InChI is InChI=1S/C13H25NO/c1-2-4-12(5-3-1)6-8-14-10-13-7-9-15-11-13/h12-14H,1-11H2. The van der Waals surface area contributed by atoms with Crippen LogP contribution in [0.5, 0.6) is 0 Å². The molecule has 1 saturated carbocycles. The third kappa shape index (κ3) is 4.12. The maximum absolute atomic E-state index is 5.36. The largest absolute Gasteiger partial charge is 0.381 e. The minimum Gasteiger partial charge on any atom is -0.381 e. The summed E-state index contributed by atoms with van der Waals surface area (Å²) in [6.45, 7) is 4.36. The van der Waals surface area contributed by atoms with E-state index in [1.165, 1.54) is 58.0 Å². The molecule has 1 heterocycles. The van der Waals surface area contributed by atoms with E-state index in [0.29, 0.717) is 0 Å². The summed E-state index contributed by atoms with van der Waals surface area (Å²) in [6, 6.07) is 0. The molecule has 0 spiro atoms. The molecule has 1 aliphatic heterocycles. The maximum atomic E-state index is 5.36. The van der Waals surface area contributed by atoms with Crippen molar-refractivity contribution in [2.75, 3.05) is 26.3 Å². The van der Waals surface area contributed by atoms with Crippen molar-refractivity contribution in [1.82, 2.24) is 5.32 Å². The number of nitrogens with one attached hydrogen (secondary N) is 1. The van der Waals surface area contributed by atoms with E-state index in [1.54, 1.807) is 0 Å². The first-order chi connectivity index (χ1) is 7.45. The fourth-order valence-electron chi connectivity index (χ4n) is 2.83. The lowest BCUT2D eigenvalue weighted by Gasteiger charge is -2.21. The van der Waals surface area contributed by atoms with Crippen LogP contribution in [0.4, 0.5) is 0 Å². The smallest absolute Gasteiger partial charge is 0.0507 e. The molecule has 2 nitrogen and oxygen atoms in total. The molecule has 1 atom stereocenters. The van der Waals surface area contributed by atoms with Gasteiger partial charge in [-0.25, -0.2) is 0 Å². The highest BCUT2D eigenvalue weighted by molar-refractivity contribution is 4.69. The number of ether oxygens (including phenoxy) is 1. The number of hydrogen-bond acceptors (Lipinski definition) is 2. The molecule has 1 saturated heterocycles. The van der Waals surface area contributed by atoms with Gasteiger partial charge in [-0.15, -0.1) is 0 Å². The predicted octanol–water partition coefficient (Wildman–Crippen LogP) is 2.58. The Kier molecular flexibility index (Phi) is 4.94. The van der Waals surface area contributed by atoms with Crippen LogP contribution >= 0.6 is 0 Å². The predicted molar refractivity (Wildman–Crippen MR) is 63.0 cm³/mol. The van der Waals surface area contributed by atoms with E-state index in [0.717, 1.165) is 25.0 Å². The van der Waals surface area contributed by atoms with E-state index in [1.807, 2.05) is 0 Å². The van der Waals surface area contributed by atoms with Gasteiger partial charge in [-0.2, -0.15) is 0 Å². The van der Waals surface area contributed by atoms with Crippen LogP contribution < -0.4 is 5.32 Å². The van der Waals surface area contributed by atoms with E-state index in [4.69, 9.17) is 4.74 Å². The van der Waals surface area contributed by atoms with Crippen LogP contribution in [0, 0.1) is 11.8 Å². The molecule has 15 heavy (non-hydrogen) atoms. The Hall–Kier alpha value is -0.0800. The molecule has 1 aliphatic carbocycles. The lowest BCUT2D eigenvalue weighted by molar-refractivity contribution is 0.185.